The molecule has 0 radical (unpaired) electrons. The van der Waals surface area contributed by atoms with Gasteiger partial charge in [-0.15, -0.1) is 0 Å². The molecular formula is C20H26N2O2. The molecule has 128 valence electrons. The molecule has 4 nitrogen and oxygen atoms in total. The van der Waals surface area contributed by atoms with Gasteiger partial charge in [-0.2, -0.15) is 5.10 Å². The highest BCUT2D eigenvalue weighted by Crippen LogP contribution is 2.26. The highest BCUT2D eigenvalue weighted by molar-refractivity contribution is 6.01. The van der Waals surface area contributed by atoms with Gasteiger partial charge in [0, 0.05) is 0 Å². The van der Waals surface area contributed by atoms with Gasteiger partial charge >= 0.3 is 0 Å². The number of aryl methyl sites for hydroxylation is 1. The maximum Gasteiger partial charge on any atom is 0.277 e. The molecule has 4 heteroatoms. The number of carbonyl (C=O) groups is 1. The van der Waals surface area contributed by atoms with E-state index in [0.29, 0.717) is 11.7 Å². The van der Waals surface area contributed by atoms with Gasteiger partial charge in [0.2, 0.25) is 0 Å². The minimum Gasteiger partial charge on any atom is -0.484 e. The zero-order chi connectivity index (χ0) is 17.5. The van der Waals surface area contributed by atoms with Gasteiger partial charge in [0.05, 0.1) is 5.71 Å². The van der Waals surface area contributed by atoms with Crippen LogP contribution in [0.2, 0.25) is 0 Å². The van der Waals surface area contributed by atoms with Crippen molar-refractivity contribution < 1.29 is 9.53 Å². The zero-order valence-corrected chi connectivity index (χ0v) is 14.8. The van der Waals surface area contributed by atoms with Crippen LogP contribution in [0.3, 0.4) is 0 Å². The first kappa shape index (κ1) is 18.0. The Morgan fingerprint density at radius 1 is 1.38 bits per heavy atom. The van der Waals surface area contributed by atoms with E-state index < -0.39 is 0 Å². The number of carbonyl (C=O) groups excluding carboxylic acids is 1. The van der Waals surface area contributed by atoms with Crippen LogP contribution in [0, 0.1) is 5.92 Å². The molecule has 1 unspecified atom stereocenters. The molecule has 2 rings (SSSR count). The van der Waals surface area contributed by atoms with Gasteiger partial charge in [0.25, 0.3) is 5.91 Å². The van der Waals surface area contributed by atoms with Crippen LogP contribution in [-0.2, 0) is 11.2 Å². The summed E-state index contributed by atoms with van der Waals surface area (Å²) in [6, 6.07) is 7.76. The summed E-state index contributed by atoms with van der Waals surface area (Å²) in [6.45, 7) is 10.1. The molecular weight excluding hydrogens is 300 g/mol. The Bertz CT molecular complexity index is 657. The lowest BCUT2D eigenvalue weighted by atomic mass is 9.85. The van der Waals surface area contributed by atoms with Crippen LogP contribution >= 0.6 is 0 Å². The number of nitrogens with zero attached hydrogens (tertiary/aromatic N) is 1. The third kappa shape index (κ3) is 5.08. The molecule has 0 spiro atoms. The molecule has 0 saturated heterocycles. The SMILES string of the molecule is C=C(C)C1CC=C(C)C(=NNC(=O)COc2ccc(CC)cc2)C1. The molecule has 0 heterocycles. The number of nitrogens with one attached hydrogen (secondary N) is 1. The molecule has 1 N–H and O–H groups in total. The Morgan fingerprint density at radius 2 is 2.08 bits per heavy atom. The summed E-state index contributed by atoms with van der Waals surface area (Å²) in [5.74, 6) is 0.830. The number of ether oxygens (including phenoxy) is 1. The van der Waals surface area contributed by atoms with E-state index in [1.165, 1.54) is 5.56 Å². The van der Waals surface area contributed by atoms with Crippen LogP contribution in [0.1, 0.15) is 39.2 Å². The van der Waals surface area contributed by atoms with Crippen LogP contribution < -0.4 is 10.2 Å². The van der Waals surface area contributed by atoms with E-state index in [0.717, 1.165) is 36.1 Å². The quantitative estimate of drug-likeness (QED) is 0.634. The van der Waals surface area contributed by atoms with Gasteiger partial charge in [-0.05, 0) is 62.3 Å². The Balaban J connectivity index is 1.86. The lowest BCUT2D eigenvalue weighted by molar-refractivity contribution is -0.123. The van der Waals surface area contributed by atoms with Gasteiger partial charge in [0.1, 0.15) is 5.75 Å². The summed E-state index contributed by atoms with van der Waals surface area (Å²) < 4.78 is 5.48. The van der Waals surface area contributed by atoms with Crippen molar-refractivity contribution in [2.45, 2.75) is 40.0 Å². The molecule has 1 aliphatic rings. The minimum atomic E-state index is -0.257. The third-order valence-corrected chi connectivity index (χ3v) is 4.32. The van der Waals surface area contributed by atoms with Crippen molar-refractivity contribution in [1.82, 2.24) is 5.43 Å². The molecule has 1 amide bonds. The van der Waals surface area contributed by atoms with Gasteiger partial charge in [-0.1, -0.05) is 37.3 Å². The van der Waals surface area contributed by atoms with Crippen molar-refractivity contribution in [2.75, 3.05) is 6.61 Å². The van der Waals surface area contributed by atoms with Crippen molar-refractivity contribution in [3.05, 3.63) is 53.6 Å². The monoisotopic (exact) mass is 326 g/mol. The smallest absolute Gasteiger partial charge is 0.277 e. The predicted octanol–water partition coefficient (Wildman–Crippen LogP) is 4.03. The third-order valence-electron chi connectivity index (χ3n) is 4.32. The number of hydrogen-bond acceptors (Lipinski definition) is 3. The van der Waals surface area contributed by atoms with Crippen LogP contribution in [0.5, 0.6) is 5.75 Å². The van der Waals surface area contributed by atoms with E-state index in [9.17, 15) is 4.79 Å². The van der Waals surface area contributed by atoms with Crippen LogP contribution in [0.25, 0.3) is 0 Å². The summed E-state index contributed by atoms with van der Waals surface area (Å²) in [6.07, 6.45) is 4.94. The second-order valence-electron chi connectivity index (χ2n) is 6.25. The van der Waals surface area contributed by atoms with Gasteiger partial charge < -0.3 is 4.74 Å². The molecule has 24 heavy (non-hydrogen) atoms. The summed E-state index contributed by atoms with van der Waals surface area (Å²) >= 11 is 0. The van der Waals surface area contributed by atoms with Gasteiger partial charge in [-0.25, -0.2) is 5.43 Å². The number of benzene rings is 1. The number of amides is 1. The molecule has 1 atom stereocenters. The average Bonchev–Trinajstić information content (AvgIpc) is 2.59. The maximum absolute atomic E-state index is 11.9. The van der Waals surface area contributed by atoms with Crippen LogP contribution in [0.15, 0.2) is 53.2 Å². The molecule has 0 fully saturated rings. The van der Waals surface area contributed by atoms with Crippen molar-refractivity contribution in [1.29, 1.82) is 0 Å². The van der Waals surface area contributed by atoms with E-state index in [4.69, 9.17) is 4.74 Å². The first-order valence-electron chi connectivity index (χ1n) is 8.39. The lowest BCUT2D eigenvalue weighted by Crippen LogP contribution is -2.27. The highest BCUT2D eigenvalue weighted by atomic mass is 16.5. The molecule has 1 aliphatic carbocycles. The Morgan fingerprint density at radius 3 is 2.71 bits per heavy atom. The number of hydrazone groups is 1. The standard InChI is InChI=1S/C20H26N2O2/c1-5-16-7-10-18(11-8-16)24-13-20(23)22-21-19-12-17(14(2)3)9-6-15(19)4/h6-8,10-11,17H,2,5,9,12-13H2,1,3-4H3,(H,22,23). The maximum atomic E-state index is 11.9. The summed E-state index contributed by atoms with van der Waals surface area (Å²) in [7, 11) is 0. The summed E-state index contributed by atoms with van der Waals surface area (Å²) in [4.78, 5) is 11.9. The molecule has 1 aromatic rings. The highest BCUT2D eigenvalue weighted by Gasteiger charge is 2.18. The minimum absolute atomic E-state index is 0.0467. The van der Waals surface area contributed by atoms with Crippen LogP contribution in [0.4, 0.5) is 0 Å². The summed E-state index contributed by atoms with van der Waals surface area (Å²) in [5.41, 5.74) is 7.01. The summed E-state index contributed by atoms with van der Waals surface area (Å²) in [5, 5.41) is 4.26. The Kier molecular flexibility index (Phi) is 6.36. The molecule has 0 saturated carbocycles. The molecule has 1 aromatic carbocycles. The van der Waals surface area contributed by atoms with E-state index in [1.807, 2.05) is 38.1 Å². The average molecular weight is 326 g/mol. The van der Waals surface area contributed by atoms with E-state index in [2.05, 4.69) is 30.1 Å². The van der Waals surface area contributed by atoms with Crippen molar-refractivity contribution in [3.63, 3.8) is 0 Å². The normalized spacial score (nSPS) is 18.9. The van der Waals surface area contributed by atoms with Crippen molar-refractivity contribution in [3.8, 4) is 5.75 Å². The van der Waals surface area contributed by atoms with E-state index in [1.54, 1.807) is 0 Å². The first-order valence-corrected chi connectivity index (χ1v) is 8.39. The van der Waals surface area contributed by atoms with Gasteiger partial charge in [0.15, 0.2) is 6.61 Å². The van der Waals surface area contributed by atoms with Crippen molar-refractivity contribution in [2.24, 2.45) is 11.0 Å². The number of rotatable bonds is 6. The lowest BCUT2D eigenvalue weighted by Gasteiger charge is -2.22. The number of allylic oxidation sites excluding steroid dienone is 3. The van der Waals surface area contributed by atoms with E-state index >= 15 is 0 Å². The molecule has 0 bridgehead atoms. The topological polar surface area (TPSA) is 50.7 Å². The van der Waals surface area contributed by atoms with Crippen LogP contribution in [-0.4, -0.2) is 18.2 Å². The van der Waals surface area contributed by atoms with Gasteiger partial charge in [-0.3, -0.25) is 4.79 Å². The van der Waals surface area contributed by atoms with Crippen molar-refractivity contribution >= 4 is 11.6 Å². The fourth-order valence-electron chi connectivity index (χ4n) is 2.56. The second kappa shape index (κ2) is 8.48. The second-order valence-corrected chi connectivity index (χ2v) is 6.25. The fourth-order valence-corrected chi connectivity index (χ4v) is 2.56. The molecule has 0 aliphatic heterocycles. The predicted molar refractivity (Wildman–Crippen MR) is 98.2 cm³/mol. The van der Waals surface area contributed by atoms with E-state index in [-0.39, 0.29) is 12.5 Å². The molecule has 0 aromatic heterocycles. The Labute approximate surface area is 144 Å². The zero-order valence-electron chi connectivity index (χ0n) is 14.8. The first-order chi connectivity index (χ1) is 11.5. The number of hydrogen-bond donors (Lipinski definition) is 1. The fraction of sp³-hybridized carbons (Fsp3) is 0.400. The largest absolute Gasteiger partial charge is 0.484 e. The Hall–Kier alpha value is -2.36.